The number of fused-ring (bicyclic) bond motifs is 1. The van der Waals surface area contributed by atoms with E-state index in [0.717, 1.165) is 16.7 Å². The van der Waals surface area contributed by atoms with Crippen LogP contribution in [0.5, 0.6) is 0 Å². The second-order valence-electron chi connectivity index (χ2n) is 9.56. The maximum absolute atomic E-state index is 13.6. The molecule has 1 N–H and O–H groups in total. The predicted octanol–water partition coefficient (Wildman–Crippen LogP) is 5.01. The highest BCUT2D eigenvalue weighted by Gasteiger charge is 2.26. The quantitative estimate of drug-likeness (QED) is 0.203. The molecule has 0 atom stereocenters. The van der Waals surface area contributed by atoms with Crippen LogP contribution < -0.4 is 5.43 Å². The number of furan rings is 1. The SMILES string of the molecule is Cc1ccc(S(=O)(=O)N(Cc2ccccc2)Cc2ccc(/C=N/NC(=O)c3c(C)nc4ccc(C)cn34)o2)cc1. The molecule has 3 heterocycles. The van der Waals surface area contributed by atoms with Crippen LogP contribution in [0.4, 0.5) is 0 Å². The first-order valence-electron chi connectivity index (χ1n) is 12.7. The highest BCUT2D eigenvalue weighted by atomic mass is 32.2. The number of aryl methyl sites for hydroxylation is 3. The number of amides is 1. The lowest BCUT2D eigenvalue weighted by molar-refractivity contribution is 0.0948. The van der Waals surface area contributed by atoms with Crippen molar-refractivity contribution in [1.82, 2.24) is 19.1 Å². The fourth-order valence-electron chi connectivity index (χ4n) is 4.34. The Bertz CT molecular complexity index is 1790. The van der Waals surface area contributed by atoms with Crippen LogP contribution in [0.3, 0.4) is 0 Å². The summed E-state index contributed by atoms with van der Waals surface area (Å²) in [4.78, 5) is 17.5. The fraction of sp³-hybridized carbons (Fsp3) is 0.167. The summed E-state index contributed by atoms with van der Waals surface area (Å²) in [5, 5.41) is 4.04. The lowest BCUT2D eigenvalue weighted by Gasteiger charge is -2.21. The second-order valence-corrected chi connectivity index (χ2v) is 11.5. The van der Waals surface area contributed by atoms with Crippen molar-refractivity contribution in [1.29, 1.82) is 0 Å². The fourth-order valence-corrected chi connectivity index (χ4v) is 5.74. The van der Waals surface area contributed by atoms with Crippen LogP contribution in [-0.2, 0) is 23.1 Å². The van der Waals surface area contributed by atoms with Gasteiger partial charge in [-0.1, -0.05) is 54.1 Å². The Kier molecular flexibility index (Phi) is 7.63. The average Bonchev–Trinajstić information content (AvgIpc) is 3.51. The molecule has 0 aliphatic carbocycles. The van der Waals surface area contributed by atoms with Crippen molar-refractivity contribution in [2.45, 2.75) is 38.8 Å². The van der Waals surface area contributed by atoms with Crippen LogP contribution in [-0.4, -0.2) is 34.2 Å². The van der Waals surface area contributed by atoms with Crippen molar-refractivity contribution in [2.75, 3.05) is 0 Å². The molecule has 1 amide bonds. The van der Waals surface area contributed by atoms with Gasteiger partial charge in [-0.3, -0.25) is 9.20 Å². The summed E-state index contributed by atoms with van der Waals surface area (Å²) in [6, 6.07) is 23.3. The zero-order chi connectivity index (χ0) is 28.3. The molecule has 2 aromatic carbocycles. The highest BCUT2D eigenvalue weighted by molar-refractivity contribution is 7.89. The number of pyridine rings is 1. The van der Waals surface area contributed by atoms with Gasteiger partial charge >= 0.3 is 0 Å². The van der Waals surface area contributed by atoms with Crippen LogP contribution >= 0.6 is 0 Å². The topological polar surface area (TPSA) is 109 Å². The predicted molar refractivity (Wildman–Crippen MR) is 152 cm³/mol. The van der Waals surface area contributed by atoms with E-state index in [4.69, 9.17) is 4.42 Å². The normalized spacial score (nSPS) is 12.0. The third kappa shape index (κ3) is 5.88. The summed E-state index contributed by atoms with van der Waals surface area (Å²) in [6.07, 6.45) is 3.22. The maximum atomic E-state index is 13.6. The Morgan fingerprint density at radius 1 is 0.950 bits per heavy atom. The number of hydrogen-bond donors (Lipinski definition) is 1. The van der Waals surface area contributed by atoms with E-state index in [-0.39, 0.29) is 18.0 Å². The minimum absolute atomic E-state index is 0.0195. The van der Waals surface area contributed by atoms with Crippen LogP contribution in [0.25, 0.3) is 5.65 Å². The Hall–Kier alpha value is -4.54. The molecule has 40 heavy (non-hydrogen) atoms. The van der Waals surface area contributed by atoms with Crippen molar-refractivity contribution in [3.8, 4) is 0 Å². The Balaban J connectivity index is 1.32. The molecule has 0 unspecified atom stereocenters. The molecule has 9 nitrogen and oxygen atoms in total. The molecule has 0 saturated heterocycles. The Morgan fingerprint density at radius 2 is 1.68 bits per heavy atom. The Morgan fingerprint density at radius 3 is 2.42 bits per heavy atom. The summed E-state index contributed by atoms with van der Waals surface area (Å²) >= 11 is 0. The zero-order valence-electron chi connectivity index (χ0n) is 22.4. The molecular weight excluding hydrogens is 526 g/mol. The van der Waals surface area contributed by atoms with Crippen molar-refractivity contribution < 1.29 is 17.6 Å². The zero-order valence-corrected chi connectivity index (χ0v) is 23.2. The van der Waals surface area contributed by atoms with Gasteiger partial charge in [-0.05, 0) is 62.2 Å². The molecule has 0 radical (unpaired) electrons. The minimum atomic E-state index is -3.81. The van der Waals surface area contributed by atoms with E-state index >= 15 is 0 Å². The van der Waals surface area contributed by atoms with E-state index < -0.39 is 15.9 Å². The van der Waals surface area contributed by atoms with Crippen molar-refractivity contribution in [3.05, 3.63) is 125 Å². The van der Waals surface area contributed by atoms with Gasteiger partial charge in [-0.2, -0.15) is 9.41 Å². The number of nitrogens with one attached hydrogen (secondary N) is 1. The van der Waals surface area contributed by atoms with Gasteiger partial charge in [0.2, 0.25) is 10.0 Å². The first-order valence-corrected chi connectivity index (χ1v) is 14.1. The van der Waals surface area contributed by atoms with Crippen LogP contribution in [0.15, 0.2) is 99.5 Å². The minimum Gasteiger partial charge on any atom is -0.459 e. The van der Waals surface area contributed by atoms with E-state index in [1.165, 1.54) is 10.5 Å². The number of nitrogens with zero attached hydrogens (tertiary/aromatic N) is 4. The van der Waals surface area contributed by atoms with E-state index in [2.05, 4.69) is 15.5 Å². The summed E-state index contributed by atoms with van der Waals surface area (Å²) in [6.45, 7) is 5.81. The van der Waals surface area contributed by atoms with Gasteiger partial charge in [-0.15, -0.1) is 0 Å². The van der Waals surface area contributed by atoms with Gasteiger partial charge in [0.05, 0.1) is 23.3 Å². The maximum Gasteiger partial charge on any atom is 0.290 e. The standard InChI is InChI=1S/C30H29N5O4S/c1-21-9-14-27(15-10-21)40(37,38)34(19-24-7-5-4-6-8-24)20-26-13-12-25(39-26)17-31-33-30(36)29-23(3)32-28-16-11-22(2)18-35(28)29/h4-18H,19-20H2,1-3H3,(H,33,36)/b31-17+. The third-order valence-electron chi connectivity index (χ3n) is 6.39. The summed E-state index contributed by atoms with van der Waals surface area (Å²) in [7, 11) is -3.81. The number of aromatic nitrogens is 2. The van der Waals surface area contributed by atoms with E-state index in [1.54, 1.807) is 47.7 Å². The molecule has 5 rings (SSSR count). The van der Waals surface area contributed by atoms with Gasteiger partial charge in [0.15, 0.2) is 0 Å². The molecule has 5 aromatic rings. The monoisotopic (exact) mass is 555 g/mol. The summed E-state index contributed by atoms with van der Waals surface area (Å²) in [5.74, 6) is 0.401. The van der Waals surface area contributed by atoms with E-state index in [1.807, 2.05) is 62.5 Å². The number of benzene rings is 2. The molecule has 0 bridgehead atoms. The molecule has 10 heteroatoms. The van der Waals surface area contributed by atoms with Crippen LogP contribution in [0, 0.1) is 20.8 Å². The first-order chi connectivity index (χ1) is 19.2. The van der Waals surface area contributed by atoms with Crippen LogP contribution in [0.2, 0.25) is 0 Å². The number of hydrazone groups is 1. The highest BCUT2D eigenvalue weighted by Crippen LogP contribution is 2.22. The molecule has 0 fully saturated rings. The van der Waals surface area contributed by atoms with Crippen LogP contribution in [0.1, 0.15) is 44.4 Å². The summed E-state index contributed by atoms with van der Waals surface area (Å²) < 4.78 is 36.1. The van der Waals surface area contributed by atoms with Gasteiger partial charge in [0.1, 0.15) is 22.9 Å². The molecule has 0 aliphatic heterocycles. The Labute approximate surface area is 232 Å². The third-order valence-corrected chi connectivity index (χ3v) is 8.19. The summed E-state index contributed by atoms with van der Waals surface area (Å²) in [5.41, 5.74) is 7.01. The largest absolute Gasteiger partial charge is 0.459 e. The molecule has 0 spiro atoms. The molecular formula is C30H29N5O4S. The van der Waals surface area contributed by atoms with Crippen molar-refractivity contribution in [3.63, 3.8) is 0 Å². The van der Waals surface area contributed by atoms with E-state index in [9.17, 15) is 13.2 Å². The number of carbonyl (C=O) groups excluding carboxylic acids is 1. The number of carbonyl (C=O) groups is 1. The lowest BCUT2D eigenvalue weighted by atomic mass is 10.2. The number of imidazole rings is 1. The number of sulfonamides is 1. The molecule has 0 saturated carbocycles. The second kappa shape index (κ2) is 11.3. The number of hydrogen-bond acceptors (Lipinski definition) is 6. The first kappa shape index (κ1) is 27.0. The van der Waals surface area contributed by atoms with E-state index in [0.29, 0.717) is 28.6 Å². The van der Waals surface area contributed by atoms with Crippen molar-refractivity contribution in [2.24, 2.45) is 5.10 Å². The smallest absolute Gasteiger partial charge is 0.290 e. The van der Waals surface area contributed by atoms with Gasteiger partial charge in [-0.25, -0.2) is 18.8 Å². The number of rotatable bonds is 9. The molecule has 204 valence electrons. The van der Waals surface area contributed by atoms with Gasteiger partial charge < -0.3 is 4.42 Å². The van der Waals surface area contributed by atoms with Crippen molar-refractivity contribution >= 4 is 27.8 Å². The molecule has 3 aromatic heterocycles. The molecule has 0 aliphatic rings. The van der Waals surface area contributed by atoms with Gasteiger partial charge in [0.25, 0.3) is 5.91 Å². The lowest BCUT2D eigenvalue weighted by Crippen LogP contribution is -2.30. The van der Waals surface area contributed by atoms with Gasteiger partial charge in [0, 0.05) is 12.7 Å². The average molecular weight is 556 g/mol.